The van der Waals surface area contributed by atoms with E-state index in [4.69, 9.17) is 5.84 Å². The Morgan fingerprint density at radius 1 is 1.28 bits per heavy atom. The molecule has 3 N–H and O–H groups in total. The lowest BCUT2D eigenvalue weighted by atomic mass is 10.0. The van der Waals surface area contributed by atoms with Gasteiger partial charge in [-0.25, -0.2) is 0 Å². The first-order valence-corrected chi connectivity index (χ1v) is 7.64. The van der Waals surface area contributed by atoms with Crippen LogP contribution in [0.2, 0.25) is 0 Å². The average molecular weight is 262 g/mol. The lowest BCUT2D eigenvalue weighted by Gasteiger charge is -2.15. The number of benzene rings is 1. The van der Waals surface area contributed by atoms with Crippen LogP contribution < -0.4 is 11.3 Å². The van der Waals surface area contributed by atoms with Gasteiger partial charge in [0.15, 0.2) is 0 Å². The summed E-state index contributed by atoms with van der Waals surface area (Å²) >= 11 is 1.83. The molecule has 0 spiro atoms. The number of hydrogen-bond acceptors (Lipinski definition) is 3. The number of nitrogens with one attached hydrogen (secondary N) is 1. The second-order valence-corrected chi connectivity index (χ2v) is 5.73. The smallest absolute Gasteiger partial charge is 0.0345 e. The standard InChI is InChI=1S/C15H22N2S/c1-2-3-4-7-13(17-16)10-12-11-18-15-9-6-5-8-14(12)15/h5-6,8-9,11,13,17H,2-4,7,10,16H2,1H3. The van der Waals surface area contributed by atoms with Crippen molar-refractivity contribution in [2.24, 2.45) is 5.84 Å². The van der Waals surface area contributed by atoms with Crippen molar-refractivity contribution in [3.05, 3.63) is 35.2 Å². The molecule has 1 heterocycles. The number of unbranched alkanes of at least 4 members (excludes halogenated alkanes) is 2. The van der Waals surface area contributed by atoms with E-state index in [0.29, 0.717) is 6.04 Å². The fraction of sp³-hybridized carbons (Fsp3) is 0.467. The summed E-state index contributed by atoms with van der Waals surface area (Å²) in [7, 11) is 0. The maximum Gasteiger partial charge on any atom is 0.0345 e. The summed E-state index contributed by atoms with van der Waals surface area (Å²) in [5, 5.41) is 3.66. The molecule has 1 unspecified atom stereocenters. The van der Waals surface area contributed by atoms with Crippen LogP contribution in [0, 0.1) is 0 Å². The third-order valence-corrected chi connectivity index (χ3v) is 4.43. The van der Waals surface area contributed by atoms with Crippen LogP contribution in [-0.4, -0.2) is 6.04 Å². The van der Waals surface area contributed by atoms with Gasteiger partial charge in [-0.05, 0) is 35.2 Å². The second kappa shape index (κ2) is 6.88. The van der Waals surface area contributed by atoms with Crippen LogP contribution >= 0.6 is 11.3 Å². The first-order chi connectivity index (χ1) is 8.85. The van der Waals surface area contributed by atoms with E-state index < -0.39 is 0 Å². The second-order valence-electron chi connectivity index (χ2n) is 4.82. The maximum atomic E-state index is 5.67. The molecule has 2 rings (SSSR count). The minimum absolute atomic E-state index is 0.398. The van der Waals surface area contributed by atoms with Crippen molar-refractivity contribution >= 4 is 21.4 Å². The molecule has 0 saturated heterocycles. The van der Waals surface area contributed by atoms with Crippen LogP contribution in [0.15, 0.2) is 29.6 Å². The van der Waals surface area contributed by atoms with Gasteiger partial charge in [0.05, 0.1) is 0 Å². The number of hydrazine groups is 1. The van der Waals surface area contributed by atoms with Gasteiger partial charge in [-0.1, -0.05) is 44.4 Å². The summed E-state index contributed by atoms with van der Waals surface area (Å²) in [6.07, 6.45) is 6.01. The van der Waals surface area contributed by atoms with Crippen molar-refractivity contribution in [3.8, 4) is 0 Å². The largest absolute Gasteiger partial charge is 0.271 e. The summed E-state index contributed by atoms with van der Waals surface area (Å²) in [4.78, 5) is 0. The van der Waals surface area contributed by atoms with Crippen molar-refractivity contribution in [2.75, 3.05) is 0 Å². The van der Waals surface area contributed by atoms with Gasteiger partial charge in [0, 0.05) is 10.7 Å². The Hall–Kier alpha value is -0.900. The zero-order chi connectivity index (χ0) is 12.8. The van der Waals surface area contributed by atoms with E-state index in [-0.39, 0.29) is 0 Å². The Labute approximate surface area is 113 Å². The van der Waals surface area contributed by atoms with Gasteiger partial charge < -0.3 is 0 Å². The van der Waals surface area contributed by atoms with E-state index in [1.807, 2.05) is 11.3 Å². The Bertz CT molecular complexity index is 478. The molecule has 2 nitrogen and oxygen atoms in total. The molecule has 0 aliphatic carbocycles. The molecule has 1 atom stereocenters. The van der Waals surface area contributed by atoms with Crippen LogP contribution in [0.25, 0.3) is 10.1 Å². The van der Waals surface area contributed by atoms with E-state index in [9.17, 15) is 0 Å². The predicted octanol–water partition coefficient (Wildman–Crippen LogP) is 3.86. The molecule has 0 aliphatic heterocycles. The van der Waals surface area contributed by atoms with Gasteiger partial charge >= 0.3 is 0 Å². The van der Waals surface area contributed by atoms with Gasteiger partial charge in [-0.3, -0.25) is 11.3 Å². The van der Waals surface area contributed by atoms with Crippen molar-refractivity contribution in [1.29, 1.82) is 0 Å². The fourth-order valence-corrected chi connectivity index (χ4v) is 3.32. The average Bonchev–Trinajstić information content (AvgIpc) is 2.81. The van der Waals surface area contributed by atoms with Crippen molar-refractivity contribution in [2.45, 2.75) is 45.1 Å². The highest BCUT2D eigenvalue weighted by Gasteiger charge is 2.10. The zero-order valence-corrected chi connectivity index (χ0v) is 11.8. The molecule has 98 valence electrons. The summed E-state index contributed by atoms with van der Waals surface area (Å²) in [5.74, 6) is 5.67. The summed E-state index contributed by atoms with van der Waals surface area (Å²) < 4.78 is 1.37. The Kier molecular flexibility index (Phi) is 5.17. The van der Waals surface area contributed by atoms with E-state index in [1.54, 1.807) is 0 Å². The molecule has 2 aromatic rings. The van der Waals surface area contributed by atoms with Gasteiger partial charge in [0.25, 0.3) is 0 Å². The Balaban J connectivity index is 2.02. The molecule has 1 aromatic carbocycles. The first kappa shape index (κ1) is 13.5. The SMILES string of the molecule is CCCCCC(Cc1csc2ccccc12)NN. The molecule has 0 radical (unpaired) electrons. The number of thiophene rings is 1. The number of rotatable bonds is 7. The normalized spacial score (nSPS) is 13.0. The number of nitrogens with two attached hydrogens (primary N) is 1. The topological polar surface area (TPSA) is 38.0 Å². The quantitative estimate of drug-likeness (QED) is 0.452. The molecular formula is C15H22N2S. The molecule has 3 heteroatoms. The van der Waals surface area contributed by atoms with Crippen LogP contribution in [0.4, 0.5) is 0 Å². The highest BCUT2D eigenvalue weighted by Crippen LogP contribution is 2.27. The third-order valence-electron chi connectivity index (χ3n) is 3.42. The molecule has 0 amide bonds. The monoisotopic (exact) mass is 262 g/mol. The third kappa shape index (κ3) is 3.31. The van der Waals surface area contributed by atoms with Crippen LogP contribution in [0.3, 0.4) is 0 Å². The van der Waals surface area contributed by atoms with Crippen LogP contribution in [0.5, 0.6) is 0 Å². The van der Waals surface area contributed by atoms with Crippen LogP contribution in [0.1, 0.15) is 38.2 Å². The lowest BCUT2D eigenvalue weighted by molar-refractivity contribution is 0.468. The van der Waals surface area contributed by atoms with E-state index in [1.165, 1.54) is 34.9 Å². The number of fused-ring (bicyclic) bond motifs is 1. The molecule has 1 aromatic heterocycles. The summed E-state index contributed by atoms with van der Waals surface area (Å²) in [6.45, 7) is 2.23. The first-order valence-electron chi connectivity index (χ1n) is 6.76. The molecule has 0 bridgehead atoms. The van der Waals surface area contributed by atoms with Gasteiger partial charge in [0.1, 0.15) is 0 Å². The van der Waals surface area contributed by atoms with Crippen molar-refractivity contribution < 1.29 is 0 Å². The summed E-state index contributed by atoms with van der Waals surface area (Å²) in [5.41, 5.74) is 4.39. The van der Waals surface area contributed by atoms with E-state index >= 15 is 0 Å². The Morgan fingerprint density at radius 3 is 2.89 bits per heavy atom. The minimum Gasteiger partial charge on any atom is -0.271 e. The van der Waals surface area contributed by atoms with E-state index in [0.717, 1.165) is 12.8 Å². The highest BCUT2D eigenvalue weighted by molar-refractivity contribution is 7.17. The van der Waals surface area contributed by atoms with Crippen molar-refractivity contribution in [1.82, 2.24) is 5.43 Å². The number of hydrogen-bond donors (Lipinski definition) is 2. The molecular weight excluding hydrogens is 240 g/mol. The summed E-state index contributed by atoms with van der Waals surface area (Å²) in [6, 6.07) is 9.00. The highest BCUT2D eigenvalue weighted by atomic mass is 32.1. The lowest BCUT2D eigenvalue weighted by Crippen LogP contribution is -2.36. The fourth-order valence-electron chi connectivity index (χ4n) is 2.34. The van der Waals surface area contributed by atoms with Gasteiger partial charge in [0.2, 0.25) is 0 Å². The predicted molar refractivity (Wildman–Crippen MR) is 80.8 cm³/mol. The van der Waals surface area contributed by atoms with Gasteiger partial charge in [-0.2, -0.15) is 0 Å². The van der Waals surface area contributed by atoms with Crippen LogP contribution in [-0.2, 0) is 6.42 Å². The van der Waals surface area contributed by atoms with Crippen molar-refractivity contribution in [3.63, 3.8) is 0 Å². The maximum absolute atomic E-state index is 5.67. The minimum atomic E-state index is 0.398. The molecule has 0 saturated carbocycles. The molecule has 0 aliphatic rings. The molecule has 18 heavy (non-hydrogen) atoms. The molecule has 0 fully saturated rings. The van der Waals surface area contributed by atoms with Gasteiger partial charge in [-0.15, -0.1) is 11.3 Å². The van der Waals surface area contributed by atoms with E-state index in [2.05, 4.69) is 42.0 Å². The Morgan fingerprint density at radius 2 is 2.11 bits per heavy atom. The zero-order valence-electron chi connectivity index (χ0n) is 11.0.